The first-order valence-electron chi connectivity index (χ1n) is 6.67. The Morgan fingerprint density at radius 2 is 2.04 bits per heavy atom. The van der Waals surface area contributed by atoms with E-state index in [4.69, 9.17) is 21.5 Å². The first kappa shape index (κ1) is 18.8. The number of hydrogen-bond acceptors (Lipinski definition) is 4. The van der Waals surface area contributed by atoms with Crippen LogP contribution in [-0.2, 0) is 4.84 Å². The highest BCUT2D eigenvalue weighted by atomic mass is 127. The van der Waals surface area contributed by atoms with Gasteiger partial charge in [-0.1, -0.05) is 11.6 Å². The van der Waals surface area contributed by atoms with E-state index >= 15 is 0 Å². The number of aliphatic hydroxyl groups excluding tert-OH is 1. The monoisotopic (exact) mass is 468 g/mol. The van der Waals surface area contributed by atoms with Gasteiger partial charge in [0, 0.05) is 3.57 Å². The van der Waals surface area contributed by atoms with Crippen molar-refractivity contribution in [2.75, 3.05) is 18.5 Å². The molecule has 0 heterocycles. The number of halogens is 4. The number of hydroxylamine groups is 1. The third-order valence-corrected chi connectivity index (χ3v) is 3.87. The molecule has 5 nitrogen and oxygen atoms in total. The van der Waals surface area contributed by atoms with Gasteiger partial charge in [-0.05, 0) is 52.9 Å². The standard InChI is InChI=1S/C15H12ClF2IN2O3/c16-10-7-8(19)1-4-12(10)20-14-9(2-3-11(17)13(14)18)15(23)21-24-6-5-22/h1-4,7,20,22H,5-6H2,(H,21,23). The van der Waals surface area contributed by atoms with Crippen molar-refractivity contribution in [3.05, 3.63) is 56.1 Å². The van der Waals surface area contributed by atoms with Gasteiger partial charge in [-0.3, -0.25) is 9.63 Å². The van der Waals surface area contributed by atoms with Gasteiger partial charge in [-0.25, -0.2) is 14.3 Å². The normalized spacial score (nSPS) is 10.5. The molecule has 0 bridgehead atoms. The van der Waals surface area contributed by atoms with Crippen molar-refractivity contribution in [3.63, 3.8) is 0 Å². The summed E-state index contributed by atoms with van der Waals surface area (Å²) in [4.78, 5) is 16.7. The molecular formula is C15H12ClF2IN2O3. The van der Waals surface area contributed by atoms with Crippen molar-refractivity contribution in [2.45, 2.75) is 0 Å². The number of rotatable bonds is 6. The zero-order chi connectivity index (χ0) is 17.7. The minimum absolute atomic E-state index is 0.138. The molecule has 0 aliphatic rings. The third-order valence-electron chi connectivity index (χ3n) is 2.89. The van der Waals surface area contributed by atoms with E-state index in [0.29, 0.717) is 5.69 Å². The summed E-state index contributed by atoms with van der Waals surface area (Å²) < 4.78 is 28.6. The van der Waals surface area contributed by atoms with Crippen LogP contribution >= 0.6 is 34.2 Å². The number of nitrogens with one attached hydrogen (secondary N) is 2. The van der Waals surface area contributed by atoms with E-state index in [-0.39, 0.29) is 29.5 Å². The van der Waals surface area contributed by atoms with Crippen LogP contribution in [0.1, 0.15) is 10.4 Å². The molecule has 0 unspecified atom stereocenters. The zero-order valence-corrected chi connectivity index (χ0v) is 15.0. The van der Waals surface area contributed by atoms with Crippen molar-refractivity contribution in [1.82, 2.24) is 5.48 Å². The minimum Gasteiger partial charge on any atom is -0.394 e. The molecule has 1 amide bonds. The summed E-state index contributed by atoms with van der Waals surface area (Å²) in [6.45, 7) is -0.442. The number of benzene rings is 2. The van der Waals surface area contributed by atoms with Crippen LogP contribution < -0.4 is 10.8 Å². The van der Waals surface area contributed by atoms with Crippen molar-refractivity contribution in [3.8, 4) is 0 Å². The van der Waals surface area contributed by atoms with Gasteiger partial charge in [0.15, 0.2) is 11.6 Å². The highest BCUT2D eigenvalue weighted by Gasteiger charge is 2.20. The van der Waals surface area contributed by atoms with E-state index in [9.17, 15) is 13.6 Å². The molecule has 2 aromatic rings. The van der Waals surface area contributed by atoms with Crippen molar-refractivity contribution >= 4 is 51.5 Å². The second-order valence-corrected chi connectivity index (χ2v) is 6.19. The summed E-state index contributed by atoms with van der Waals surface area (Å²) in [6, 6.07) is 6.87. The molecule has 2 rings (SSSR count). The van der Waals surface area contributed by atoms with Crippen molar-refractivity contribution in [2.24, 2.45) is 0 Å². The maximum Gasteiger partial charge on any atom is 0.277 e. The second-order valence-electron chi connectivity index (χ2n) is 4.54. The van der Waals surface area contributed by atoms with E-state index < -0.39 is 17.5 Å². The van der Waals surface area contributed by atoms with Crippen LogP contribution in [-0.4, -0.2) is 24.2 Å². The Balaban J connectivity index is 2.36. The highest BCUT2D eigenvalue weighted by Crippen LogP contribution is 2.31. The van der Waals surface area contributed by atoms with E-state index in [1.54, 1.807) is 18.2 Å². The Morgan fingerprint density at radius 3 is 2.71 bits per heavy atom. The number of anilines is 2. The van der Waals surface area contributed by atoms with Gasteiger partial charge in [-0.15, -0.1) is 0 Å². The molecule has 3 N–H and O–H groups in total. The van der Waals surface area contributed by atoms with Crippen LogP contribution in [0.5, 0.6) is 0 Å². The lowest BCUT2D eigenvalue weighted by Crippen LogP contribution is -2.26. The van der Waals surface area contributed by atoms with Crippen LogP contribution in [0, 0.1) is 15.2 Å². The smallest absolute Gasteiger partial charge is 0.277 e. The average molecular weight is 469 g/mol. The molecule has 0 fully saturated rings. The molecule has 0 aliphatic carbocycles. The van der Waals surface area contributed by atoms with Crippen LogP contribution in [0.25, 0.3) is 0 Å². The van der Waals surface area contributed by atoms with E-state index in [0.717, 1.165) is 15.7 Å². The summed E-state index contributed by atoms with van der Waals surface area (Å²) in [5.41, 5.74) is 1.79. The SMILES string of the molecule is O=C(NOCCO)c1ccc(F)c(F)c1Nc1ccc(I)cc1Cl. The number of aliphatic hydroxyl groups is 1. The Labute approximate surface area is 155 Å². The number of carbonyl (C=O) groups excluding carboxylic acids is 1. The van der Waals surface area contributed by atoms with Gasteiger partial charge in [0.25, 0.3) is 5.91 Å². The Morgan fingerprint density at radius 1 is 1.29 bits per heavy atom. The van der Waals surface area contributed by atoms with E-state index in [1.165, 1.54) is 0 Å². The Kier molecular flexibility index (Phi) is 6.72. The summed E-state index contributed by atoms with van der Waals surface area (Å²) >= 11 is 8.12. The van der Waals surface area contributed by atoms with Crippen LogP contribution in [0.3, 0.4) is 0 Å². The highest BCUT2D eigenvalue weighted by molar-refractivity contribution is 14.1. The van der Waals surface area contributed by atoms with Crippen molar-refractivity contribution < 1.29 is 23.5 Å². The third kappa shape index (κ3) is 4.53. The average Bonchev–Trinajstić information content (AvgIpc) is 2.54. The Bertz CT molecular complexity index is 762. The maximum absolute atomic E-state index is 14.2. The predicted octanol–water partition coefficient (Wildman–Crippen LogP) is 3.62. The summed E-state index contributed by atoms with van der Waals surface area (Å²) in [5, 5.41) is 11.5. The largest absolute Gasteiger partial charge is 0.394 e. The molecular weight excluding hydrogens is 457 g/mol. The molecule has 0 aromatic heterocycles. The molecule has 0 atom stereocenters. The lowest BCUT2D eigenvalue weighted by Gasteiger charge is -2.14. The fourth-order valence-electron chi connectivity index (χ4n) is 1.80. The fourth-order valence-corrected chi connectivity index (χ4v) is 2.71. The minimum atomic E-state index is -1.22. The molecule has 0 aliphatic heterocycles. The number of amides is 1. The van der Waals surface area contributed by atoms with Gasteiger partial charge in [-0.2, -0.15) is 0 Å². The van der Waals surface area contributed by atoms with Gasteiger partial charge in [0.2, 0.25) is 0 Å². The molecule has 0 saturated heterocycles. The van der Waals surface area contributed by atoms with Gasteiger partial charge >= 0.3 is 0 Å². The molecule has 9 heteroatoms. The van der Waals surface area contributed by atoms with Crippen molar-refractivity contribution in [1.29, 1.82) is 0 Å². The van der Waals surface area contributed by atoms with Gasteiger partial charge < -0.3 is 10.4 Å². The van der Waals surface area contributed by atoms with Gasteiger partial charge in [0.05, 0.1) is 35.2 Å². The number of carbonyl (C=O) groups is 1. The van der Waals surface area contributed by atoms with Gasteiger partial charge in [0.1, 0.15) is 0 Å². The summed E-state index contributed by atoms with van der Waals surface area (Å²) in [7, 11) is 0. The first-order chi connectivity index (χ1) is 11.4. The quantitative estimate of drug-likeness (QED) is 0.344. The lowest BCUT2D eigenvalue weighted by atomic mass is 10.1. The predicted molar refractivity (Wildman–Crippen MR) is 94.3 cm³/mol. The molecule has 2 aromatic carbocycles. The molecule has 0 radical (unpaired) electrons. The summed E-state index contributed by atoms with van der Waals surface area (Å²) in [5.74, 6) is -3.14. The fraction of sp³-hybridized carbons (Fsp3) is 0.133. The summed E-state index contributed by atoms with van der Waals surface area (Å²) in [6.07, 6.45) is 0. The Hall–Kier alpha value is -1.49. The first-order valence-corrected chi connectivity index (χ1v) is 8.12. The van der Waals surface area contributed by atoms with Crippen LogP contribution in [0.2, 0.25) is 5.02 Å². The maximum atomic E-state index is 14.2. The zero-order valence-electron chi connectivity index (χ0n) is 12.1. The topological polar surface area (TPSA) is 70.6 Å². The van der Waals surface area contributed by atoms with Crippen LogP contribution in [0.15, 0.2) is 30.3 Å². The second kappa shape index (κ2) is 8.56. The molecule has 0 saturated carbocycles. The molecule has 0 spiro atoms. The molecule has 128 valence electrons. The van der Waals surface area contributed by atoms with E-state index in [1.807, 2.05) is 5.48 Å². The molecule has 24 heavy (non-hydrogen) atoms. The lowest BCUT2D eigenvalue weighted by molar-refractivity contribution is 0.0168. The van der Waals surface area contributed by atoms with E-state index in [2.05, 4.69) is 27.9 Å². The van der Waals surface area contributed by atoms with Crippen LogP contribution in [0.4, 0.5) is 20.2 Å². The number of hydrogen-bond donors (Lipinski definition) is 3.